The Labute approximate surface area is 188 Å². The minimum Gasteiger partial charge on any atom is -0.322 e. The predicted octanol–water partition coefficient (Wildman–Crippen LogP) is 6.56. The monoisotopic (exact) mass is 439 g/mol. The third-order valence-electron chi connectivity index (χ3n) is 6.32. The van der Waals surface area contributed by atoms with Gasteiger partial charge in [-0.05, 0) is 56.4 Å². The van der Waals surface area contributed by atoms with Gasteiger partial charge in [-0.15, -0.1) is 0 Å². The van der Waals surface area contributed by atoms with Crippen LogP contribution in [0.4, 0.5) is 14.5 Å². The molecular weight excluding hydrogens is 408 g/mol. The van der Waals surface area contributed by atoms with Crippen LogP contribution in [0.5, 0.6) is 0 Å². The van der Waals surface area contributed by atoms with E-state index in [9.17, 15) is 13.6 Å². The highest BCUT2D eigenvalue weighted by Crippen LogP contribution is 2.39. The summed E-state index contributed by atoms with van der Waals surface area (Å²) in [6.45, 7) is 8.32. The molecule has 1 amide bonds. The number of rotatable bonds is 4. The number of nitrogens with zero attached hydrogens (tertiary/aromatic N) is 2. The van der Waals surface area contributed by atoms with Gasteiger partial charge in [-0.2, -0.15) is 0 Å². The fraction of sp³-hybridized carbons (Fsp3) is 0.462. The number of alkyl halides is 2. The second-order valence-corrected chi connectivity index (χ2v) is 10.1. The molecule has 1 N–H and O–H groups in total. The number of aryl methyl sites for hydroxylation is 1. The molecule has 2 heterocycles. The van der Waals surface area contributed by atoms with Crippen molar-refractivity contribution in [2.75, 3.05) is 5.32 Å². The molecule has 0 radical (unpaired) electrons. The largest absolute Gasteiger partial charge is 0.322 e. The molecule has 1 aliphatic rings. The molecule has 0 bridgehead atoms. The van der Waals surface area contributed by atoms with Crippen LogP contribution in [-0.2, 0) is 11.8 Å². The highest BCUT2D eigenvalue weighted by Gasteiger charge is 2.36. The minimum absolute atomic E-state index is 0.0396. The number of carbonyl (C=O) groups excluding carboxylic acids is 1. The van der Waals surface area contributed by atoms with Gasteiger partial charge in [0, 0.05) is 40.9 Å². The van der Waals surface area contributed by atoms with Crippen LogP contribution in [0.1, 0.15) is 73.9 Å². The summed E-state index contributed by atoms with van der Waals surface area (Å²) < 4.78 is 29.4. The maximum atomic E-state index is 13.7. The van der Waals surface area contributed by atoms with Gasteiger partial charge in [0.05, 0.1) is 5.69 Å². The number of para-hydroxylation sites is 1. The smallest absolute Gasteiger partial charge is 0.255 e. The number of hydrogen-bond donors (Lipinski definition) is 1. The molecule has 4 nitrogen and oxygen atoms in total. The molecule has 3 aromatic rings. The summed E-state index contributed by atoms with van der Waals surface area (Å²) in [4.78, 5) is 17.8. The Hall–Kier alpha value is -2.76. The quantitative estimate of drug-likeness (QED) is 0.500. The third-order valence-corrected chi connectivity index (χ3v) is 6.32. The van der Waals surface area contributed by atoms with Crippen molar-refractivity contribution in [3.05, 3.63) is 65.1 Å². The molecule has 0 unspecified atom stereocenters. The van der Waals surface area contributed by atoms with Crippen LogP contribution in [0, 0.1) is 12.8 Å². The number of pyridine rings is 1. The highest BCUT2D eigenvalue weighted by molar-refractivity contribution is 6.04. The summed E-state index contributed by atoms with van der Waals surface area (Å²) in [5.41, 5.74) is 4.79. The van der Waals surface area contributed by atoms with Crippen LogP contribution in [0.3, 0.4) is 0 Å². The maximum absolute atomic E-state index is 13.7. The number of carbonyl (C=O) groups is 1. The van der Waals surface area contributed by atoms with Gasteiger partial charge in [0.1, 0.15) is 5.65 Å². The molecule has 1 saturated carbocycles. The number of amides is 1. The normalized spacial score (nSPS) is 16.9. The van der Waals surface area contributed by atoms with Crippen LogP contribution in [0.15, 0.2) is 42.5 Å². The first-order valence-electron chi connectivity index (χ1n) is 11.3. The Kier molecular flexibility index (Phi) is 5.82. The van der Waals surface area contributed by atoms with Crippen LogP contribution in [0.2, 0.25) is 0 Å². The SMILES string of the molecule is Cc1cc(C(=O)Nc2ccccc2)cc2nc(C(C)(C)C)c(CC3CCC(F)(F)CC3)n12. The first-order valence-corrected chi connectivity index (χ1v) is 11.3. The average molecular weight is 440 g/mol. The number of imidazole rings is 1. The van der Waals surface area contributed by atoms with Crippen LogP contribution in [0.25, 0.3) is 5.65 Å². The zero-order valence-electron chi connectivity index (χ0n) is 19.2. The molecule has 4 rings (SSSR count). The number of anilines is 1. The zero-order chi connectivity index (χ0) is 23.1. The maximum Gasteiger partial charge on any atom is 0.255 e. The molecule has 1 aliphatic carbocycles. The van der Waals surface area contributed by atoms with Gasteiger partial charge in [-0.3, -0.25) is 4.79 Å². The molecule has 170 valence electrons. The van der Waals surface area contributed by atoms with Crippen molar-refractivity contribution in [3.63, 3.8) is 0 Å². The van der Waals surface area contributed by atoms with Crippen LogP contribution < -0.4 is 5.32 Å². The van der Waals surface area contributed by atoms with Gasteiger partial charge in [0.25, 0.3) is 5.91 Å². The highest BCUT2D eigenvalue weighted by atomic mass is 19.3. The van der Waals surface area contributed by atoms with E-state index in [-0.39, 0.29) is 30.1 Å². The number of fused-ring (bicyclic) bond motifs is 1. The molecule has 0 aliphatic heterocycles. The number of hydrogen-bond acceptors (Lipinski definition) is 2. The molecule has 0 atom stereocenters. The summed E-state index contributed by atoms with van der Waals surface area (Å²) in [5, 5.41) is 2.93. The van der Waals surface area contributed by atoms with E-state index in [4.69, 9.17) is 4.98 Å². The summed E-state index contributed by atoms with van der Waals surface area (Å²) in [7, 11) is 0. The lowest BCUT2D eigenvalue weighted by atomic mass is 9.81. The molecular formula is C26H31F2N3O. The summed E-state index contributed by atoms with van der Waals surface area (Å²) >= 11 is 0. The molecule has 32 heavy (non-hydrogen) atoms. The van der Waals surface area contributed by atoms with Gasteiger partial charge in [-0.25, -0.2) is 13.8 Å². The molecule has 0 saturated heterocycles. The van der Waals surface area contributed by atoms with Gasteiger partial charge in [0.2, 0.25) is 5.92 Å². The molecule has 1 fully saturated rings. The second-order valence-electron chi connectivity index (χ2n) is 10.1. The third kappa shape index (κ3) is 4.69. The van der Waals surface area contributed by atoms with Gasteiger partial charge in [-0.1, -0.05) is 39.0 Å². The minimum atomic E-state index is -2.53. The topological polar surface area (TPSA) is 46.4 Å². The van der Waals surface area contributed by atoms with Crippen molar-refractivity contribution >= 4 is 17.2 Å². The van der Waals surface area contributed by atoms with E-state index in [2.05, 4.69) is 30.5 Å². The van der Waals surface area contributed by atoms with Crippen molar-refractivity contribution in [2.24, 2.45) is 5.92 Å². The number of aromatic nitrogens is 2. The lowest BCUT2D eigenvalue weighted by molar-refractivity contribution is -0.0457. The van der Waals surface area contributed by atoms with E-state index in [1.807, 2.05) is 49.4 Å². The number of halogens is 2. The second kappa shape index (κ2) is 8.30. The zero-order valence-corrected chi connectivity index (χ0v) is 19.2. The Morgan fingerprint density at radius 1 is 1.16 bits per heavy atom. The van der Waals surface area contributed by atoms with E-state index in [0.717, 1.165) is 34.8 Å². The molecule has 0 spiro atoms. The molecule has 1 aromatic carbocycles. The Morgan fingerprint density at radius 3 is 2.44 bits per heavy atom. The Morgan fingerprint density at radius 2 is 1.81 bits per heavy atom. The van der Waals surface area contributed by atoms with Crippen molar-refractivity contribution in [3.8, 4) is 0 Å². The van der Waals surface area contributed by atoms with Gasteiger partial charge < -0.3 is 9.72 Å². The first-order chi connectivity index (χ1) is 15.0. The van der Waals surface area contributed by atoms with Gasteiger partial charge in [0.15, 0.2) is 0 Å². The lowest BCUT2D eigenvalue weighted by Crippen LogP contribution is -2.26. The van der Waals surface area contributed by atoms with E-state index >= 15 is 0 Å². The molecule has 6 heteroatoms. The van der Waals surface area contributed by atoms with E-state index in [0.29, 0.717) is 18.4 Å². The summed E-state index contributed by atoms with van der Waals surface area (Å²) in [6.07, 6.45) is 1.70. The van der Waals surface area contributed by atoms with Crippen molar-refractivity contribution in [2.45, 2.75) is 71.1 Å². The van der Waals surface area contributed by atoms with Crippen LogP contribution >= 0.6 is 0 Å². The number of benzene rings is 1. The summed E-state index contributed by atoms with van der Waals surface area (Å²) in [5.74, 6) is -2.49. The fourth-order valence-corrected chi connectivity index (χ4v) is 4.66. The fourth-order valence-electron chi connectivity index (χ4n) is 4.66. The van der Waals surface area contributed by atoms with Crippen molar-refractivity contribution < 1.29 is 13.6 Å². The van der Waals surface area contributed by atoms with E-state index < -0.39 is 5.92 Å². The predicted molar refractivity (Wildman–Crippen MR) is 124 cm³/mol. The average Bonchev–Trinajstić information content (AvgIpc) is 3.09. The van der Waals surface area contributed by atoms with Crippen molar-refractivity contribution in [1.82, 2.24) is 9.38 Å². The number of nitrogens with one attached hydrogen (secondary N) is 1. The van der Waals surface area contributed by atoms with Crippen LogP contribution in [-0.4, -0.2) is 21.2 Å². The summed E-state index contributed by atoms with van der Waals surface area (Å²) in [6, 6.07) is 13.0. The van der Waals surface area contributed by atoms with Gasteiger partial charge >= 0.3 is 0 Å². The van der Waals surface area contributed by atoms with Crippen molar-refractivity contribution in [1.29, 1.82) is 0 Å². The lowest BCUT2D eigenvalue weighted by Gasteiger charge is -2.29. The molecule has 2 aromatic heterocycles. The van der Waals surface area contributed by atoms with E-state index in [1.165, 1.54) is 0 Å². The Balaban J connectivity index is 1.69. The van der Waals surface area contributed by atoms with E-state index in [1.54, 1.807) is 0 Å². The Bertz CT molecular complexity index is 1120. The first kappa shape index (κ1) is 22.4. The standard InChI is InChI=1S/C26H31F2N3O/c1-17-14-19(24(32)29-20-8-6-5-7-9-20)16-22-30-23(25(2,3)4)21(31(17)22)15-18-10-12-26(27,28)13-11-18/h5-9,14,16,18H,10-13,15H2,1-4H3,(H,29,32).